The van der Waals surface area contributed by atoms with Crippen LogP contribution in [0.2, 0.25) is 0 Å². The van der Waals surface area contributed by atoms with Crippen LogP contribution in [0.15, 0.2) is 54.6 Å². The number of hydrogen-bond acceptors (Lipinski definition) is 3. The minimum absolute atomic E-state index is 0.368. The summed E-state index contributed by atoms with van der Waals surface area (Å²) in [5.41, 5.74) is 2.86. The molecule has 0 bridgehead atoms. The van der Waals surface area contributed by atoms with Gasteiger partial charge < -0.3 is 9.47 Å². The standard InChI is InChI=1S/C24H31NO2/c1-26-23-13-7-14-24(23)15-8-16-25(19-24)17-21-11-5-6-12-22(21)27-18-20-9-3-2-4-10-20/h2-6,9-12,23H,7-8,13-19H2,1H3/t23-,24+/m1/s1. The van der Waals surface area contributed by atoms with Gasteiger partial charge in [0.2, 0.25) is 0 Å². The van der Waals surface area contributed by atoms with E-state index >= 15 is 0 Å². The van der Waals surface area contributed by atoms with E-state index in [1.54, 1.807) is 0 Å². The topological polar surface area (TPSA) is 21.7 Å². The Balaban J connectivity index is 1.43. The molecular weight excluding hydrogens is 334 g/mol. The molecule has 2 atom stereocenters. The van der Waals surface area contributed by atoms with Crippen LogP contribution < -0.4 is 4.74 Å². The van der Waals surface area contributed by atoms with Crippen molar-refractivity contribution < 1.29 is 9.47 Å². The van der Waals surface area contributed by atoms with Gasteiger partial charge in [0.25, 0.3) is 0 Å². The van der Waals surface area contributed by atoms with Crippen LogP contribution in [0.3, 0.4) is 0 Å². The molecule has 4 rings (SSSR count). The van der Waals surface area contributed by atoms with Gasteiger partial charge in [-0.25, -0.2) is 0 Å². The van der Waals surface area contributed by atoms with E-state index in [9.17, 15) is 0 Å². The Hall–Kier alpha value is -1.84. The lowest BCUT2D eigenvalue weighted by atomic mass is 9.76. The highest BCUT2D eigenvalue weighted by Crippen LogP contribution is 2.46. The van der Waals surface area contributed by atoms with E-state index in [1.807, 2.05) is 13.2 Å². The van der Waals surface area contributed by atoms with Crippen LogP contribution in [-0.4, -0.2) is 31.2 Å². The van der Waals surface area contributed by atoms with Crippen molar-refractivity contribution >= 4 is 0 Å². The molecule has 27 heavy (non-hydrogen) atoms. The third-order valence-electron chi connectivity index (χ3n) is 6.40. The van der Waals surface area contributed by atoms with Gasteiger partial charge in [0.1, 0.15) is 12.4 Å². The highest BCUT2D eigenvalue weighted by atomic mass is 16.5. The monoisotopic (exact) mass is 365 g/mol. The Morgan fingerprint density at radius 3 is 2.63 bits per heavy atom. The Bertz CT molecular complexity index is 732. The average molecular weight is 366 g/mol. The molecule has 2 aliphatic rings. The van der Waals surface area contributed by atoms with Crippen molar-refractivity contribution in [2.45, 2.75) is 51.4 Å². The molecule has 2 aromatic carbocycles. The maximum absolute atomic E-state index is 6.17. The summed E-state index contributed by atoms with van der Waals surface area (Å²) in [7, 11) is 1.89. The highest BCUT2D eigenvalue weighted by molar-refractivity contribution is 5.33. The summed E-state index contributed by atoms with van der Waals surface area (Å²) in [6, 6.07) is 18.9. The summed E-state index contributed by atoms with van der Waals surface area (Å²) in [5, 5.41) is 0. The van der Waals surface area contributed by atoms with Crippen molar-refractivity contribution in [2.75, 3.05) is 20.2 Å². The summed E-state index contributed by atoms with van der Waals surface area (Å²) in [4.78, 5) is 2.62. The van der Waals surface area contributed by atoms with Gasteiger partial charge in [-0.15, -0.1) is 0 Å². The third-order valence-corrected chi connectivity index (χ3v) is 6.40. The summed E-state index contributed by atoms with van der Waals surface area (Å²) in [6.07, 6.45) is 6.87. The fraction of sp³-hybridized carbons (Fsp3) is 0.500. The van der Waals surface area contributed by atoms with E-state index in [-0.39, 0.29) is 0 Å². The SMILES string of the molecule is CO[C@@H]1CCC[C@@]12CCCN(Cc1ccccc1OCc1ccccc1)C2. The van der Waals surface area contributed by atoms with Crippen LogP contribution in [-0.2, 0) is 17.9 Å². The summed E-state index contributed by atoms with van der Waals surface area (Å²) in [5.74, 6) is 1.01. The first kappa shape index (κ1) is 18.5. The molecule has 3 nitrogen and oxygen atoms in total. The maximum atomic E-state index is 6.17. The van der Waals surface area contributed by atoms with Crippen LogP contribution in [0.1, 0.15) is 43.2 Å². The first-order chi connectivity index (χ1) is 13.3. The largest absolute Gasteiger partial charge is 0.489 e. The van der Waals surface area contributed by atoms with Gasteiger partial charge in [-0.1, -0.05) is 55.0 Å². The summed E-state index contributed by atoms with van der Waals surface area (Å²) in [6.45, 7) is 3.90. The second kappa shape index (κ2) is 8.45. The zero-order valence-electron chi connectivity index (χ0n) is 16.4. The lowest BCUT2D eigenvalue weighted by molar-refractivity contribution is -0.0367. The number of hydrogen-bond donors (Lipinski definition) is 0. The Labute approximate surface area is 163 Å². The molecule has 0 radical (unpaired) electrons. The van der Waals surface area contributed by atoms with E-state index in [2.05, 4.69) is 53.4 Å². The van der Waals surface area contributed by atoms with Gasteiger partial charge in [0.15, 0.2) is 0 Å². The van der Waals surface area contributed by atoms with Crippen molar-refractivity contribution in [3.8, 4) is 5.75 Å². The van der Waals surface area contributed by atoms with E-state index in [4.69, 9.17) is 9.47 Å². The third kappa shape index (κ3) is 4.20. The maximum Gasteiger partial charge on any atom is 0.124 e. The molecule has 1 aliphatic carbocycles. The van der Waals surface area contributed by atoms with E-state index in [1.165, 1.54) is 49.8 Å². The van der Waals surface area contributed by atoms with Crippen molar-refractivity contribution in [2.24, 2.45) is 5.41 Å². The molecule has 1 saturated heterocycles. The van der Waals surface area contributed by atoms with Crippen LogP contribution >= 0.6 is 0 Å². The molecule has 0 unspecified atom stereocenters. The molecule has 1 aliphatic heterocycles. The van der Waals surface area contributed by atoms with Crippen molar-refractivity contribution in [3.63, 3.8) is 0 Å². The van der Waals surface area contributed by atoms with Gasteiger partial charge in [-0.3, -0.25) is 4.90 Å². The molecule has 3 heteroatoms. The quantitative estimate of drug-likeness (QED) is 0.715. The average Bonchev–Trinajstić information content (AvgIpc) is 3.09. The smallest absolute Gasteiger partial charge is 0.124 e. The Morgan fingerprint density at radius 1 is 1.00 bits per heavy atom. The fourth-order valence-electron chi connectivity index (χ4n) is 5.09. The van der Waals surface area contributed by atoms with Crippen molar-refractivity contribution in [3.05, 3.63) is 65.7 Å². The number of para-hydroxylation sites is 1. The van der Waals surface area contributed by atoms with Crippen molar-refractivity contribution in [1.29, 1.82) is 0 Å². The number of ether oxygens (including phenoxy) is 2. The molecule has 0 N–H and O–H groups in total. The predicted molar refractivity (Wildman–Crippen MR) is 109 cm³/mol. The van der Waals surface area contributed by atoms with Crippen molar-refractivity contribution in [1.82, 2.24) is 4.90 Å². The number of piperidine rings is 1. The minimum atomic E-state index is 0.368. The second-order valence-electron chi connectivity index (χ2n) is 8.18. The van der Waals surface area contributed by atoms with Crippen LogP contribution in [0.4, 0.5) is 0 Å². The number of likely N-dealkylation sites (tertiary alicyclic amines) is 1. The van der Waals surface area contributed by atoms with Gasteiger partial charge >= 0.3 is 0 Å². The zero-order valence-corrected chi connectivity index (χ0v) is 16.4. The highest BCUT2D eigenvalue weighted by Gasteiger charge is 2.45. The van der Waals surface area contributed by atoms with E-state index in [0.717, 1.165) is 18.8 Å². The molecule has 1 heterocycles. The Kier molecular flexibility index (Phi) is 5.80. The molecular formula is C24H31NO2. The molecule has 2 fully saturated rings. The number of rotatable bonds is 6. The van der Waals surface area contributed by atoms with E-state index in [0.29, 0.717) is 18.1 Å². The summed E-state index contributed by atoms with van der Waals surface area (Å²) < 4.78 is 12.0. The normalized spacial score (nSPS) is 25.7. The van der Waals surface area contributed by atoms with E-state index < -0.39 is 0 Å². The van der Waals surface area contributed by atoms with Gasteiger partial charge in [-0.2, -0.15) is 0 Å². The minimum Gasteiger partial charge on any atom is -0.489 e. The summed E-state index contributed by atoms with van der Waals surface area (Å²) >= 11 is 0. The number of nitrogens with zero attached hydrogens (tertiary/aromatic N) is 1. The number of benzene rings is 2. The van der Waals surface area contributed by atoms with Gasteiger partial charge in [0.05, 0.1) is 6.10 Å². The Morgan fingerprint density at radius 2 is 1.78 bits per heavy atom. The van der Waals surface area contributed by atoms with Crippen LogP contribution in [0.25, 0.3) is 0 Å². The predicted octanol–water partition coefficient (Wildman–Crippen LogP) is 5.05. The van der Waals surface area contributed by atoms with Crippen LogP contribution in [0, 0.1) is 5.41 Å². The lowest BCUT2D eigenvalue weighted by Gasteiger charge is -2.43. The zero-order chi connectivity index (χ0) is 18.5. The fourth-order valence-corrected chi connectivity index (χ4v) is 5.09. The molecule has 0 aromatic heterocycles. The molecule has 2 aromatic rings. The van der Waals surface area contributed by atoms with Crippen LogP contribution in [0.5, 0.6) is 5.75 Å². The first-order valence-corrected chi connectivity index (χ1v) is 10.3. The lowest BCUT2D eigenvalue weighted by Crippen LogP contribution is -2.47. The number of methoxy groups -OCH3 is 1. The van der Waals surface area contributed by atoms with Gasteiger partial charge in [0, 0.05) is 31.2 Å². The molecule has 144 valence electrons. The second-order valence-corrected chi connectivity index (χ2v) is 8.18. The first-order valence-electron chi connectivity index (χ1n) is 10.3. The molecule has 1 spiro atoms. The van der Waals surface area contributed by atoms with Gasteiger partial charge in [-0.05, 0) is 43.9 Å². The molecule has 1 saturated carbocycles. The molecule has 0 amide bonds.